The molecule has 0 bridgehead atoms. The van der Waals surface area contributed by atoms with Crippen molar-refractivity contribution >= 4 is 34.7 Å². The van der Waals surface area contributed by atoms with Gasteiger partial charge in [0.2, 0.25) is 0 Å². The Labute approximate surface area is 135 Å². The molecule has 0 fully saturated rings. The molecule has 0 radical (unpaired) electrons. The predicted molar refractivity (Wildman–Crippen MR) is 89.6 cm³/mol. The first-order valence-electron chi connectivity index (χ1n) is 6.96. The molecule has 0 aliphatic rings. The van der Waals surface area contributed by atoms with E-state index >= 15 is 0 Å². The number of imidazole rings is 1. The summed E-state index contributed by atoms with van der Waals surface area (Å²) >= 11 is 4.59. The normalized spacial score (nSPS) is 12.8. The largest absolute Gasteiger partial charge is 0.342 e. The lowest BCUT2D eigenvalue weighted by Gasteiger charge is -2.11. The summed E-state index contributed by atoms with van der Waals surface area (Å²) in [6.07, 6.45) is 2.97. The molecule has 7 nitrogen and oxygen atoms in total. The standard InChI is InChI=1S/C15H12N6OS/c1-7-3-2-4-8-9(7)15(22)21-14(20-8)12(23)10-11-13(18-5-16-10)19-6-17-11/h2-6,12,23H,1H3,(H,20,21,22)(H,16,17,18,19). The van der Waals surface area contributed by atoms with E-state index in [-0.39, 0.29) is 5.56 Å². The molecule has 8 heteroatoms. The predicted octanol–water partition coefficient (Wildman–Crippen LogP) is 1.92. The highest BCUT2D eigenvalue weighted by Crippen LogP contribution is 2.28. The number of benzene rings is 1. The van der Waals surface area contributed by atoms with Crippen LogP contribution in [0.1, 0.15) is 22.3 Å². The van der Waals surface area contributed by atoms with E-state index in [0.29, 0.717) is 33.6 Å². The zero-order chi connectivity index (χ0) is 16.0. The summed E-state index contributed by atoms with van der Waals surface area (Å²) in [4.78, 5) is 35.2. The summed E-state index contributed by atoms with van der Waals surface area (Å²) in [6.45, 7) is 1.88. The van der Waals surface area contributed by atoms with Crippen LogP contribution in [0.2, 0.25) is 0 Å². The molecule has 3 heterocycles. The molecule has 114 valence electrons. The van der Waals surface area contributed by atoms with E-state index in [1.165, 1.54) is 6.33 Å². The smallest absolute Gasteiger partial charge is 0.259 e. The zero-order valence-electron chi connectivity index (χ0n) is 12.1. The lowest BCUT2D eigenvalue weighted by Crippen LogP contribution is -2.15. The number of hydrogen-bond acceptors (Lipinski definition) is 6. The number of rotatable bonds is 2. The molecule has 4 aromatic rings. The van der Waals surface area contributed by atoms with Crippen molar-refractivity contribution in [1.29, 1.82) is 0 Å². The van der Waals surface area contributed by atoms with Crippen LogP contribution in [0.4, 0.5) is 0 Å². The van der Waals surface area contributed by atoms with Crippen molar-refractivity contribution in [2.24, 2.45) is 0 Å². The second kappa shape index (κ2) is 5.17. The molecular weight excluding hydrogens is 312 g/mol. The first-order valence-corrected chi connectivity index (χ1v) is 7.48. The second-order valence-corrected chi connectivity index (χ2v) is 5.70. The van der Waals surface area contributed by atoms with Gasteiger partial charge in [0, 0.05) is 0 Å². The minimum Gasteiger partial charge on any atom is -0.342 e. The Bertz CT molecular complexity index is 1090. The molecule has 0 saturated carbocycles. The van der Waals surface area contributed by atoms with Gasteiger partial charge in [0.25, 0.3) is 5.56 Å². The fourth-order valence-corrected chi connectivity index (χ4v) is 2.95. The molecule has 0 aliphatic carbocycles. The van der Waals surface area contributed by atoms with Gasteiger partial charge >= 0.3 is 0 Å². The maximum atomic E-state index is 12.4. The summed E-state index contributed by atoms with van der Waals surface area (Å²) in [5.41, 5.74) is 3.18. The van der Waals surface area contributed by atoms with Crippen molar-refractivity contribution in [3.05, 3.63) is 58.3 Å². The fraction of sp³-hybridized carbons (Fsp3) is 0.133. The lowest BCUT2D eigenvalue weighted by atomic mass is 10.1. The van der Waals surface area contributed by atoms with Gasteiger partial charge in [-0.05, 0) is 18.6 Å². The summed E-state index contributed by atoms with van der Waals surface area (Å²) < 4.78 is 0. The number of nitrogens with one attached hydrogen (secondary N) is 2. The first kappa shape index (κ1) is 13.9. The topological polar surface area (TPSA) is 100 Å². The third kappa shape index (κ3) is 2.18. The number of aromatic amines is 2. The summed E-state index contributed by atoms with van der Waals surface area (Å²) in [6, 6.07) is 5.57. The number of H-pyrrole nitrogens is 2. The zero-order valence-corrected chi connectivity index (χ0v) is 13.0. The van der Waals surface area contributed by atoms with Gasteiger partial charge in [-0.1, -0.05) is 12.1 Å². The Balaban J connectivity index is 1.92. The van der Waals surface area contributed by atoms with Gasteiger partial charge in [-0.2, -0.15) is 12.6 Å². The monoisotopic (exact) mass is 324 g/mol. The molecule has 3 aromatic heterocycles. The molecule has 1 aromatic carbocycles. The highest BCUT2D eigenvalue weighted by atomic mass is 32.1. The van der Waals surface area contributed by atoms with Crippen molar-refractivity contribution in [3.8, 4) is 0 Å². The Morgan fingerprint density at radius 1 is 1.22 bits per heavy atom. The van der Waals surface area contributed by atoms with E-state index in [4.69, 9.17) is 0 Å². The highest BCUT2D eigenvalue weighted by Gasteiger charge is 2.19. The van der Waals surface area contributed by atoms with Gasteiger partial charge in [-0.3, -0.25) is 4.79 Å². The molecule has 0 saturated heterocycles. The Kier molecular flexibility index (Phi) is 3.12. The Morgan fingerprint density at radius 2 is 2.09 bits per heavy atom. The van der Waals surface area contributed by atoms with Crippen molar-refractivity contribution in [2.45, 2.75) is 12.2 Å². The van der Waals surface area contributed by atoms with Crippen LogP contribution in [-0.2, 0) is 0 Å². The van der Waals surface area contributed by atoms with E-state index in [9.17, 15) is 4.79 Å². The van der Waals surface area contributed by atoms with E-state index in [0.717, 1.165) is 5.56 Å². The van der Waals surface area contributed by atoms with Crippen molar-refractivity contribution in [1.82, 2.24) is 29.9 Å². The van der Waals surface area contributed by atoms with Crippen LogP contribution in [0.15, 0.2) is 35.6 Å². The van der Waals surface area contributed by atoms with Crippen molar-refractivity contribution in [3.63, 3.8) is 0 Å². The lowest BCUT2D eigenvalue weighted by molar-refractivity contribution is 0.924. The minimum atomic E-state index is -0.501. The molecule has 1 atom stereocenters. The second-order valence-electron chi connectivity index (χ2n) is 5.18. The van der Waals surface area contributed by atoms with Gasteiger partial charge in [0.1, 0.15) is 22.9 Å². The number of nitrogens with zero attached hydrogens (tertiary/aromatic N) is 4. The van der Waals surface area contributed by atoms with Crippen molar-refractivity contribution in [2.75, 3.05) is 0 Å². The van der Waals surface area contributed by atoms with Crippen LogP contribution in [0.25, 0.3) is 22.1 Å². The van der Waals surface area contributed by atoms with Crippen LogP contribution in [0.5, 0.6) is 0 Å². The number of aromatic nitrogens is 6. The van der Waals surface area contributed by atoms with Crippen LogP contribution in [-0.4, -0.2) is 29.9 Å². The van der Waals surface area contributed by atoms with Crippen LogP contribution < -0.4 is 5.56 Å². The fourth-order valence-electron chi connectivity index (χ4n) is 2.63. The van der Waals surface area contributed by atoms with Crippen molar-refractivity contribution < 1.29 is 0 Å². The third-order valence-electron chi connectivity index (χ3n) is 3.73. The van der Waals surface area contributed by atoms with E-state index in [1.807, 2.05) is 25.1 Å². The molecule has 0 spiro atoms. The third-order valence-corrected chi connectivity index (χ3v) is 4.22. The summed E-state index contributed by atoms with van der Waals surface area (Å²) in [5, 5.41) is 0.0877. The minimum absolute atomic E-state index is 0.183. The quantitative estimate of drug-likeness (QED) is 0.489. The van der Waals surface area contributed by atoms with Gasteiger partial charge in [-0.25, -0.2) is 19.9 Å². The van der Waals surface area contributed by atoms with Crippen LogP contribution in [0.3, 0.4) is 0 Å². The van der Waals surface area contributed by atoms with Gasteiger partial charge in [0.05, 0.1) is 22.9 Å². The van der Waals surface area contributed by atoms with Gasteiger partial charge in [-0.15, -0.1) is 0 Å². The van der Waals surface area contributed by atoms with Gasteiger partial charge < -0.3 is 9.97 Å². The summed E-state index contributed by atoms with van der Waals surface area (Å²) in [7, 11) is 0. The molecule has 0 amide bonds. The van der Waals surface area contributed by atoms with E-state index in [1.54, 1.807) is 6.33 Å². The molecule has 1 unspecified atom stereocenters. The summed E-state index contributed by atoms with van der Waals surface area (Å²) in [5.74, 6) is 0.436. The Hall–Kier alpha value is -2.74. The number of thiol groups is 1. The maximum absolute atomic E-state index is 12.4. The average molecular weight is 324 g/mol. The molecule has 4 rings (SSSR count). The molecule has 2 N–H and O–H groups in total. The van der Waals surface area contributed by atoms with E-state index in [2.05, 4.69) is 42.5 Å². The Morgan fingerprint density at radius 3 is 2.96 bits per heavy atom. The van der Waals surface area contributed by atoms with Gasteiger partial charge in [0.15, 0.2) is 5.65 Å². The molecule has 0 aliphatic heterocycles. The number of fused-ring (bicyclic) bond motifs is 2. The van der Waals surface area contributed by atoms with E-state index < -0.39 is 5.25 Å². The molecular formula is C15H12N6OS. The molecule has 23 heavy (non-hydrogen) atoms. The van der Waals surface area contributed by atoms with Crippen LogP contribution in [0, 0.1) is 6.92 Å². The van der Waals surface area contributed by atoms with Crippen LogP contribution >= 0.6 is 12.6 Å². The maximum Gasteiger partial charge on any atom is 0.259 e. The number of aryl methyl sites for hydroxylation is 1. The first-order chi connectivity index (χ1) is 11.1. The SMILES string of the molecule is Cc1cccc2nc(C(S)c3ncnc4nc[nH]c34)[nH]c(=O)c12. The number of hydrogen-bond donors (Lipinski definition) is 3. The highest BCUT2D eigenvalue weighted by molar-refractivity contribution is 7.80. The average Bonchev–Trinajstić information content (AvgIpc) is 3.02.